The molecule has 2 aromatic rings. The fourth-order valence-electron chi connectivity index (χ4n) is 2.01. The van der Waals surface area contributed by atoms with Crippen molar-refractivity contribution in [3.05, 3.63) is 59.0 Å². The highest BCUT2D eigenvalue weighted by molar-refractivity contribution is 6.32. The number of hydrogen-bond acceptors (Lipinski definition) is 1. The molecule has 0 amide bonds. The lowest BCUT2D eigenvalue weighted by molar-refractivity contribution is 0.976. The van der Waals surface area contributed by atoms with Gasteiger partial charge >= 0.3 is 0 Å². The maximum Gasteiger partial charge on any atom is 0.117 e. The van der Waals surface area contributed by atoms with Gasteiger partial charge in [0.05, 0.1) is 10.7 Å². The molecule has 0 fully saturated rings. The first kappa shape index (κ1) is 11.3. The van der Waals surface area contributed by atoms with E-state index in [1.165, 1.54) is 5.56 Å². The fraction of sp³-hybridized carbons (Fsp3) is 0.133. The molecule has 18 heavy (non-hydrogen) atoms. The van der Waals surface area contributed by atoms with E-state index in [4.69, 9.17) is 11.6 Å². The molecule has 0 unspecified atom stereocenters. The standard InChI is InChI=1S/C15H13ClN2/c1-11-5-7-12(8-6-11)14-10-18-9-13(16)3-2-4-15(18)17-14/h2-3,5-10H,4H2,1H3. The van der Waals surface area contributed by atoms with E-state index in [9.17, 15) is 0 Å². The van der Waals surface area contributed by atoms with Gasteiger partial charge in [-0.3, -0.25) is 0 Å². The van der Waals surface area contributed by atoms with Crippen LogP contribution >= 0.6 is 11.6 Å². The molecule has 2 nitrogen and oxygen atoms in total. The van der Waals surface area contributed by atoms with Gasteiger partial charge in [0.2, 0.25) is 0 Å². The highest BCUT2D eigenvalue weighted by Crippen LogP contribution is 2.22. The van der Waals surface area contributed by atoms with E-state index in [-0.39, 0.29) is 0 Å². The monoisotopic (exact) mass is 256 g/mol. The second-order valence-corrected chi connectivity index (χ2v) is 4.87. The van der Waals surface area contributed by atoms with Crippen molar-refractivity contribution in [1.82, 2.24) is 9.55 Å². The first-order chi connectivity index (χ1) is 8.72. The van der Waals surface area contributed by atoms with Crippen LogP contribution in [0.1, 0.15) is 11.4 Å². The van der Waals surface area contributed by atoms with Crippen molar-refractivity contribution in [2.75, 3.05) is 0 Å². The highest BCUT2D eigenvalue weighted by Gasteiger charge is 2.09. The van der Waals surface area contributed by atoms with Crippen LogP contribution < -0.4 is 0 Å². The summed E-state index contributed by atoms with van der Waals surface area (Å²) in [5, 5.41) is 0.724. The molecule has 1 aromatic heterocycles. The molecule has 0 bridgehead atoms. The van der Waals surface area contributed by atoms with E-state index in [0.29, 0.717) is 0 Å². The molecule has 3 rings (SSSR count). The maximum absolute atomic E-state index is 6.05. The number of rotatable bonds is 1. The Morgan fingerprint density at radius 3 is 2.78 bits per heavy atom. The van der Waals surface area contributed by atoms with Crippen LogP contribution in [-0.4, -0.2) is 9.55 Å². The van der Waals surface area contributed by atoms with Gasteiger partial charge in [-0.1, -0.05) is 47.5 Å². The Kier molecular flexibility index (Phi) is 2.80. The third-order valence-corrected chi connectivity index (χ3v) is 3.22. The topological polar surface area (TPSA) is 17.8 Å². The van der Waals surface area contributed by atoms with Crippen LogP contribution in [0, 0.1) is 6.92 Å². The van der Waals surface area contributed by atoms with Crippen molar-refractivity contribution in [3.8, 4) is 11.3 Å². The summed E-state index contributed by atoms with van der Waals surface area (Å²) in [5.41, 5.74) is 3.38. The lowest BCUT2D eigenvalue weighted by atomic mass is 10.1. The molecule has 3 heteroatoms. The molecule has 1 aliphatic heterocycles. The van der Waals surface area contributed by atoms with Crippen molar-refractivity contribution in [2.45, 2.75) is 13.3 Å². The average Bonchev–Trinajstić information content (AvgIpc) is 2.65. The summed E-state index contributed by atoms with van der Waals surface area (Å²) in [4.78, 5) is 4.65. The maximum atomic E-state index is 6.05. The largest absolute Gasteiger partial charge is 0.308 e. The Bertz CT molecular complexity index is 633. The quantitative estimate of drug-likeness (QED) is 0.754. The second kappa shape index (κ2) is 4.46. The zero-order chi connectivity index (χ0) is 12.5. The number of hydrogen-bond donors (Lipinski definition) is 0. The van der Waals surface area contributed by atoms with E-state index < -0.39 is 0 Å². The summed E-state index contributed by atoms with van der Waals surface area (Å²) in [6.07, 6.45) is 8.66. The van der Waals surface area contributed by atoms with Gasteiger partial charge in [0.15, 0.2) is 0 Å². The van der Waals surface area contributed by atoms with Gasteiger partial charge in [0.1, 0.15) is 5.82 Å². The summed E-state index contributed by atoms with van der Waals surface area (Å²) in [7, 11) is 0. The minimum Gasteiger partial charge on any atom is -0.308 e. The predicted octanol–water partition coefficient (Wildman–Crippen LogP) is 4.01. The molecule has 1 aliphatic rings. The van der Waals surface area contributed by atoms with E-state index in [0.717, 1.165) is 28.5 Å². The molecular formula is C15H13ClN2. The highest BCUT2D eigenvalue weighted by atomic mass is 35.5. The third kappa shape index (κ3) is 2.12. The van der Waals surface area contributed by atoms with Crippen LogP contribution in [0.4, 0.5) is 0 Å². The van der Waals surface area contributed by atoms with Crippen molar-refractivity contribution in [2.24, 2.45) is 0 Å². The van der Waals surface area contributed by atoms with Crippen molar-refractivity contribution in [3.63, 3.8) is 0 Å². The third-order valence-electron chi connectivity index (χ3n) is 3.00. The average molecular weight is 257 g/mol. The zero-order valence-corrected chi connectivity index (χ0v) is 10.9. The first-order valence-corrected chi connectivity index (χ1v) is 6.29. The minimum atomic E-state index is 0.724. The number of aromatic nitrogens is 2. The lowest BCUT2D eigenvalue weighted by Crippen LogP contribution is -1.91. The number of benzene rings is 1. The Morgan fingerprint density at radius 2 is 2.00 bits per heavy atom. The van der Waals surface area contributed by atoms with Crippen LogP contribution in [0.25, 0.3) is 17.5 Å². The van der Waals surface area contributed by atoms with Gasteiger partial charge in [-0.2, -0.15) is 0 Å². The molecule has 0 atom stereocenters. The minimum absolute atomic E-state index is 0.724. The summed E-state index contributed by atoms with van der Waals surface area (Å²) in [6.45, 7) is 2.08. The summed E-state index contributed by atoms with van der Waals surface area (Å²) in [5.74, 6) is 1.01. The van der Waals surface area contributed by atoms with Gasteiger partial charge in [-0.05, 0) is 13.0 Å². The Morgan fingerprint density at radius 1 is 1.22 bits per heavy atom. The van der Waals surface area contributed by atoms with Crippen LogP contribution in [-0.2, 0) is 6.42 Å². The molecule has 90 valence electrons. The Hall–Kier alpha value is -1.80. The smallest absolute Gasteiger partial charge is 0.117 e. The fourth-order valence-corrected chi connectivity index (χ4v) is 2.21. The zero-order valence-electron chi connectivity index (χ0n) is 10.1. The van der Waals surface area contributed by atoms with E-state index in [2.05, 4.69) is 36.2 Å². The normalized spacial score (nSPS) is 14.0. The number of imidazole rings is 1. The second-order valence-electron chi connectivity index (χ2n) is 4.44. The number of fused-ring (bicyclic) bond motifs is 1. The number of allylic oxidation sites excluding steroid dienone is 3. The molecule has 2 heterocycles. The van der Waals surface area contributed by atoms with E-state index in [1.54, 1.807) is 0 Å². The van der Waals surface area contributed by atoms with Crippen molar-refractivity contribution >= 4 is 17.8 Å². The molecule has 0 spiro atoms. The van der Waals surface area contributed by atoms with Gasteiger partial charge in [0, 0.05) is 24.4 Å². The van der Waals surface area contributed by atoms with Crippen LogP contribution in [0.5, 0.6) is 0 Å². The van der Waals surface area contributed by atoms with Crippen LogP contribution in [0.2, 0.25) is 0 Å². The number of aryl methyl sites for hydroxylation is 1. The molecule has 0 saturated heterocycles. The van der Waals surface area contributed by atoms with Crippen LogP contribution in [0.3, 0.4) is 0 Å². The molecule has 0 saturated carbocycles. The lowest BCUT2D eigenvalue weighted by Gasteiger charge is -1.96. The molecule has 0 N–H and O–H groups in total. The summed E-state index contributed by atoms with van der Waals surface area (Å²) >= 11 is 6.05. The Balaban J connectivity index is 2.04. The SMILES string of the molecule is Cc1ccc(-c2cn3c(n2)CC=CC(Cl)=C3)cc1. The number of halogens is 1. The Labute approximate surface area is 111 Å². The van der Waals surface area contributed by atoms with Gasteiger partial charge < -0.3 is 4.57 Å². The molecule has 0 radical (unpaired) electrons. The van der Waals surface area contributed by atoms with Crippen molar-refractivity contribution < 1.29 is 0 Å². The van der Waals surface area contributed by atoms with Gasteiger partial charge in [-0.25, -0.2) is 4.98 Å². The molecular weight excluding hydrogens is 244 g/mol. The van der Waals surface area contributed by atoms with E-state index >= 15 is 0 Å². The van der Waals surface area contributed by atoms with Crippen LogP contribution in [0.15, 0.2) is 47.6 Å². The van der Waals surface area contributed by atoms with Gasteiger partial charge in [-0.15, -0.1) is 0 Å². The number of nitrogens with zero attached hydrogens (tertiary/aromatic N) is 2. The van der Waals surface area contributed by atoms with Gasteiger partial charge in [0.25, 0.3) is 0 Å². The first-order valence-electron chi connectivity index (χ1n) is 5.91. The summed E-state index contributed by atoms with van der Waals surface area (Å²) in [6, 6.07) is 8.39. The van der Waals surface area contributed by atoms with E-state index in [1.807, 2.05) is 29.1 Å². The molecule has 0 aliphatic carbocycles. The predicted molar refractivity (Wildman–Crippen MR) is 75.4 cm³/mol. The van der Waals surface area contributed by atoms with Crippen molar-refractivity contribution in [1.29, 1.82) is 0 Å². The molecule has 1 aromatic carbocycles. The summed E-state index contributed by atoms with van der Waals surface area (Å²) < 4.78 is 2.00.